The molecule has 0 aliphatic heterocycles. The Balaban J connectivity index is 3.22. The van der Waals surface area contributed by atoms with Crippen LogP contribution in [0.2, 0.25) is 0 Å². The zero-order valence-corrected chi connectivity index (χ0v) is 8.26. The first kappa shape index (κ1) is 8.80. The summed E-state index contributed by atoms with van der Waals surface area (Å²) in [5, 5.41) is 3.41. The molecule has 0 unspecified atom stereocenters. The molecule has 5 heteroatoms. The van der Waals surface area contributed by atoms with Crippen LogP contribution in [0.25, 0.3) is 10.8 Å². The highest BCUT2D eigenvalue weighted by Crippen LogP contribution is 2.13. The van der Waals surface area contributed by atoms with Crippen molar-refractivity contribution in [2.75, 3.05) is 0 Å². The number of rotatable bonds is 0. The molecule has 2 N–H and O–H groups in total. The lowest BCUT2D eigenvalue weighted by atomic mass is 10.2. The lowest BCUT2D eigenvalue weighted by Crippen LogP contribution is -2.27. The highest BCUT2D eigenvalue weighted by atomic mass is 16.2. The van der Waals surface area contributed by atoms with Crippen molar-refractivity contribution in [3.05, 3.63) is 32.1 Å². The van der Waals surface area contributed by atoms with Crippen molar-refractivity contribution in [3.63, 3.8) is 0 Å². The molecule has 0 aliphatic rings. The average molecular weight is 193 g/mol. The van der Waals surface area contributed by atoms with Gasteiger partial charge in [0.15, 0.2) is 0 Å². The van der Waals surface area contributed by atoms with E-state index >= 15 is 0 Å². The van der Waals surface area contributed by atoms with Crippen molar-refractivity contribution in [1.29, 1.82) is 0 Å². The molecule has 2 heterocycles. The van der Waals surface area contributed by atoms with Crippen LogP contribution in [0.1, 0.15) is 11.4 Å². The number of aromatic nitrogens is 3. The van der Waals surface area contributed by atoms with E-state index in [0.717, 1.165) is 11.4 Å². The molecule has 2 rings (SSSR count). The molecule has 2 aromatic rings. The van der Waals surface area contributed by atoms with Crippen LogP contribution >= 0.6 is 0 Å². The molecule has 0 aliphatic carbocycles. The van der Waals surface area contributed by atoms with E-state index in [2.05, 4.69) is 10.1 Å². The Labute approximate surface area is 79.4 Å². The largest absolute Gasteiger partial charge is 0.361 e. The first-order valence-corrected chi connectivity index (χ1v) is 4.30. The van der Waals surface area contributed by atoms with Crippen LogP contribution in [0.5, 0.6) is 0 Å². The highest BCUT2D eigenvalue weighted by Gasteiger charge is 2.12. The van der Waals surface area contributed by atoms with Crippen molar-refractivity contribution in [1.82, 2.24) is 14.8 Å². The Hall–Kier alpha value is -1.78. The number of hydrogen-bond donors (Lipinski definition) is 2. The number of H-pyrrole nitrogens is 2. The Bertz CT molecular complexity index is 615. The summed E-state index contributed by atoms with van der Waals surface area (Å²) < 4.78 is 1.20. The second-order valence-corrected chi connectivity index (χ2v) is 3.43. The topological polar surface area (TPSA) is 70.7 Å². The quantitative estimate of drug-likeness (QED) is 0.626. The Morgan fingerprint density at radius 2 is 1.64 bits per heavy atom. The smallest absolute Gasteiger partial charge is 0.274 e. The summed E-state index contributed by atoms with van der Waals surface area (Å²) in [5.74, 6) is 0. The fraction of sp³-hybridized carbons (Fsp3) is 0.333. The predicted molar refractivity (Wildman–Crippen MR) is 53.6 cm³/mol. The van der Waals surface area contributed by atoms with E-state index < -0.39 is 0 Å². The Morgan fingerprint density at radius 3 is 2.29 bits per heavy atom. The molecule has 0 bridgehead atoms. The van der Waals surface area contributed by atoms with Crippen molar-refractivity contribution in [2.45, 2.75) is 13.8 Å². The number of aryl methyl sites for hydroxylation is 3. The highest BCUT2D eigenvalue weighted by molar-refractivity contribution is 5.86. The van der Waals surface area contributed by atoms with Crippen LogP contribution in [0.4, 0.5) is 0 Å². The second-order valence-electron chi connectivity index (χ2n) is 3.43. The van der Waals surface area contributed by atoms with Crippen LogP contribution < -0.4 is 11.1 Å². The van der Waals surface area contributed by atoms with Gasteiger partial charge in [-0.05, 0) is 13.8 Å². The van der Waals surface area contributed by atoms with Gasteiger partial charge in [-0.3, -0.25) is 19.4 Å². The first-order valence-electron chi connectivity index (χ1n) is 4.30. The van der Waals surface area contributed by atoms with Crippen LogP contribution in [0.3, 0.4) is 0 Å². The fourth-order valence-corrected chi connectivity index (χ4v) is 1.76. The molecule has 0 saturated heterocycles. The van der Waals surface area contributed by atoms with Gasteiger partial charge in [-0.1, -0.05) is 0 Å². The summed E-state index contributed by atoms with van der Waals surface area (Å²) in [5.41, 5.74) is 1.06. The number of fused-ring (bicyclic) bond motifs is 1. The summed E-state index contributed by atoms with van der Waals surface area (Å²) in [6, 6.07) is 0. The van der Waals surface area contributed by atoms with Gasteiger partial charge < -0.3 is 4.98 Å². The predicted octanol–water partition coefficient (Wildman–Crippen LogP) is 0.172. The molecule has 14 heavy (non-hydrogen) atoms. The molecule has 0 radical (unpaired) electrons. The minimum absolute atomic E-state index is 0.179. The van der Waals surface area contributed by atoms with Gasteiger partial charge >= 0.3 is 0 Å². The number of aromatic amines is 2. The lowest BCUT2D eigenvalue weighted by molar-refractivity contribution is 0.704. The molecule has 0 aromatic carbocycles. The maximum Gasteiger partial charge on any atom is 0.274 e. The monoisotopic (exact) mass is 193 g/mol. The fourth-order valence-electron chi connectivity index (χ4n) is 1.76. The van der Waals surface area contributed by atoms with E-state index in [1.807, 2.05) is 0 Å². The molecule has 5 nitrogen and oxygen atoms in total. The summed E-state index contributed by atoms with van der Waals surface area (Å²) in [4.78, 5) is 26.2. The van der Waals surface area contributed by atoms with Gasteiger partial charge in [0.25, 0.3) is 11.1 Å². The SMILES string of the molecule is Cc1[nH]c(C)c2c(=O)n(C)[nH]c(=O)c12. The third kappa shape index (κ3) is 0.951. The van der Waals surface area contributed by atoms with Crippen LogP contribution in [0.15, 0.2) is 9.59 Å². The van der Waals surface area contributed by atoms with Gasteiger partial charge in [-0.2, -0.15) is 0 Å². The van der Waals surface area contributed by atoms with Gasteiger partial charge in [-0.25, -0.2) is 0 Å². The first-order chi connectivity index (χ1) is 6.52. The van der Waals surface area contributed by atoms with Crippen LogP contribution in [-0.4, -0.2) is 14.8 Å². The minimum atomic E-state index is -0.232. The van der Waals surface area contributed by atoms with Gasteiger partial charge in [0, 0.05) is 18.4 Å². The minimum Gasteiger partial charge on any atom is -0.361 e. The molecular formula is C9H11N3O2. The maximum atomic E-state index is 11.7. The third-order valence-electron chi connectivity index (χ3n) is 2.39. The van der Waals surface area contributed by atoms with Crippen LogP contribution in [0, 0.1) is 13.8 Å². The molecule has 2 aromatic heterocycles. The van der Waals surface area contributed by atoms with Crippen molar-refractivity contribution >= 4 is 10.8 Å². The van der Waals surface area contributed by atoms with Crippen molar-refractivity contribution < 1.29 is 0 Å². The van der Waals surface area contributed by atoms with Gasteiger partial charge in [0.2, 0.25) is 0 Å². The molecule has 0 amide bonds. The lowest BCUT2D eigenvalue weighted by Gasteiger charge is -1.97. The van der Waals surface area contributed by atoms with E-state index in [1.165, 1.54) is 11.7 Å². The summed E-state index contributed by atoms with van der Waals surface area (Å²) in [7, 11) is 1.53. The molecule has 74 valence electrons. The molecular weight excluding hydrogens is 182 g/mol. The Morgan fingerprint density at radius 1 is 1.07 bits per heavy atom. The van der Waals surface area contributed by atoms with E-state index in [1.54, 1.807) is 13.8 Å². The summed E-state index contributed by atoms with van der Waals surface area (Å²) >= 11 is 0. The second kappa shape index (κ2) is 2.60. The number of nitrogens with zero attached hydrogens (tertiary/aromatic N) is 1. The third-order valence-corrected chi connectivity index (χ3v) is 2.39. The standard InChI is InChI=1S/C9H11N3O2/c1-4-6-7(5(2)10-4)9(14)12(3)11-8(6)13/h10H,1-3H3,(H,11,13). The van der Waals surface area contributed by atoms with Crippen molar-refractivity contribution in [2.24, 2.45) is 7.05 Å². The number of hydrogen-bond acceptors (Lipinski definition) is 2. The van der Waals surface area contributed by atoms with Gasteiger partial charge in [0.05, 0.1) is 10.8 Å². The molecule has 0 spiro atoms. The maximum absolute atomic E-state index is 11.7. The van der Waals surface area contributed by atoms with E-state index in [0.29, 0.717) is 10.8 Å². The normalized spacial score (nSPS) is 11.1. The zero-order chi connectivity index (χ0) is 10.5. The summed E-state index contributed by atoms with van der Waals surface area (Å²) in [6.45, 7) is 3.57. The van der Waals surface area contributed by atoms with E-state index in [9.17, 15) is 9.59 Å². The number of nitrogens with one attached hydrogen (secondary N) is 2. The van der Waals surface area contributed by atoms with Gasteiger partial charge in [0.1, 0.15) is 0 Å². The Kier molecular flexibility index (Phi) is 1.64. The molecule has 0 saturated carbocycles. The van der Waals surface area contributed by atoms with E-state index in [4.69, 9.17) is 0 Å². The van der Waals surface area contributed by atoms with Gasteiger partial charge in [-0.15, -0.1) is 0 Å². The zero-order valence-electron chi connectivity index (χ0n) is 8.26. The van der Waals surface area contributed by atoms with Crippen LogP contribution in [-0.2, 0) is 7.05 Å². The average Bonchev–Trinajstić information content (AvgIpc) is 2.38. The van der Waals surface area contributed by atoms with Crippen molar-refractivity contribution in [3.8, 4) is 0 Å². The molecule has 0 atom stereocenters. The van der Waals surface area contributed by atoms with E-state index in [-0.39, 0.29) is 11.1 Å². The molecule has 0 fully saturated rings. The summed E-state index contributed by atoms with van der Waals surface area (Å²) in [6.07, 6.45) is 0.